The largest absolute Gasteiger partial charge is 0.487 e. The summed E-state index contributed by atoms with van der Waals surface area (Å²) in [7, 11) is 3.41. The number of benzene rings is 2. The van der Waals surface area contributed by atoms with Gasteiger partial charge in [0.05, 0.1) is 13.9 Å². The van der Waals surface area contributed by atoms with Gasteiger partial charge in [0.1, 0.15) is 12.4 Å². The highest BCUT2D eigenvalue weighted by Crippen LogP contribution is 2.37. The van der Waals surface area contributed by atoms with Crippen LogP contribution >= 0.6 is 66.2 Å². The Morgan fingerprint density at radius 1 is 1.22 bits per heavy atom. The van der Waals surface area contributed by atoms with Crippen molar-refractivity contribution in [2.45, 2.75) is 6.61 Å². The van der Waals surface area contributed by atoms with Gasteiger partial charge in [-0.25, -0.2) is 0 Å². The monoisotopic (exact) mass is 620 g/mol. The first-order chi connectivity index (χ1) is 12.9. The van der Waals surface area contributed by atoms with Crippen LogP contribution in [0.15, 0.2) is 55.2 Å². The molecule has 0 saturated carbocycles. The van der Waals surface area contributed by atoms with Crippen molar-refractivity contribution >= 4 is 83.4 Å². The lowest BCUT2D eigenvalue weighted by atomic mass is 10.2. The van der Waals surface area contributed by atoms with Crippen LogP contribution in [0.1, 0.15) is 11.1 Å². The summed E-state index contributed by atoms with van der Waals surface area (Å²) in [5, 5.41) is 0.696. The third kappa shape index (κ3) is 4.96. The van der Waals surface area contributed by atoms with E-state index in [2.05, 4.69) is 83.7 Å². The number of hydrogen-bond donors (Lipinski definition) is 0. The van der Waals surface area contributed by atoms with Gasteiger partial charge in [0.25, 0.3) is 5.91 Å². The van der Waals surface area contributed by atoms with Crippen LogP contribution in [0.25, 0.3) is 6.08 Å². The van der Waals surface area contributed by atoms with E-state index in [1.165, 1.54) is 15.3 Å². The van der Waals surface area contributed by atoms with Crippen molar-refractivity contribution in [3.63, 3.8) is 0 Å². The molecule has 0 unspecified atom stereocenters. The summed E-state index contributed by atoms with van der Waals surface area (Å²) in [6, 6.07) is 12.1. The van der Waals surface area contributed by atoms with Crippen molar-refractivity contribution in [1.29, 1.82) is 0 Å². The fraction of sp³-hybridized carbons (Fsp3) is 0.158. The molecule has 1 aliphatic rings. The van der Waals surface area contributed by atoms with E-state index in [-0.39, 0.29) is 5.91 Å². The van der Waals surface area contributed by atoms with Gasteiger partial charge in [0.2, 0.25) is 0 Å². The summed E-state index contributed by atoms with van der Waals surface area (Å²) in [5.41, 5.74) is 2.00. The van der Waals surface area contributed by atoms with E-state index in [0.29, 0.717) is 16.7 Å². The van der Waals surface area contributed by atoms with E-state index >= 15 is 0 Å². The second-order valence-electron chi connectivity index (χ2n) is 5.71. The van der Waals surface area contributed by atoms with Crippen LogP contribution in [0.4, 0.5) is 0 Å². The third-order valence-electron chi connectivity index (χ3n) is 3.81. The van der Waals surface area contributed by atoms with Gasteiger partial charge in [-0.15, -0.1) is 0 Å². The predicted molar refractivity (Wildman–Crippen MR) is 127 cm³/mol. The first-order valence-corrected chi connectivity index (χ1v) is 11.4. The third-order valence-corrected chi connectivity index (χ3v) is 6.86. The van der Waals surface area contributed by atoms with E-state index in [4.69, 9.17) is 4.74 Å². The lowest BCUT2D eigenvalue weighted by molar-refractivity contribution is -0.121. The Balaban J connectivity index is 1.80. The Labute approximate surface area is 192 Å². The number of carbonyl (C=O) groups is 1. The molecule has 1 heterocycles. The van der Waals surface area contributed by atoms with Crippen molar-refractivity contribution in [3.05, 3.63) is 64.9 Å². The Morgan fingerprint density at radius 3 is 2.41 bits per heavy atom. The molecule has 0 bridgehead atoms. The number of halogens is 3. The van der Waals surface area contributed by atoms with E-state index in [1.54, 1.807) is 19.0 Å². The fourth-order valence-corrected chi connectivity index (χ4v) is 5.18. The number of amides is 1. The lowest BCUT2D eigenvalue weighted by Crippen LogP contribution is -2.23. The predicted octanol–water partition coefficient (Wildman–Crippen LogP) is 5.93. The van der Waals surface area contributed by atoms with Gasteiger partial charge in [0, 0.05) is 17.7 Å². The molecule has 4 nitrogen and oxygen atoms in total. The molecular formula is C19H15Br2IN2O2S. The lowest BCUT2D eigenvalue weighted by Gasteiger charge is -2.12. The molecule has 0 spiro atoms. The molecule has 3 rings (SSSR count). The summed E-state index contributed by atoms with van der Waals surface area (Å²) in [5.74, 6) is 0.681. The van der Waals surface area contributed by atoms with Gasteiger partial charge in [-0.2, -0.15) is 0 Å². The number of rotatable bonds is 4. The normalized spacial score (nSPS) is 17.2. The summed E-state index contributed by atoms with van der Waals surface area (Å²) in [4.78, 5) is 18.6. The highest BCUT2D eigenvalue weighted by molar-refractivity contribution is 14.1. The van der Waals surface area contributed by atoms with Gasteiger partial charge >= 0.3 is 0 Å². The second kappa shape index (κ2) is 9.11. The highest BCUT2D eigenvalue weighted by Gasteiger charge is 2.29. The fourth-order valence-electron chi connectivity index (χ4n) is 2.44. The molecule has 0 radical (unpaired) electrons. The zero-order chi connectivity index (χ0) is 19.6. The number of nitrogens with zero attached hydrogens (tertiary/aromatic N) is 2. The minimum Gasteiger partial charge on any atom is -0.487 e. The summed E-state index contributed by atoms with van der Waals surface area (Å²) in [6.07, 6.45) is 1.86. The average molecular weight is 622 g/mol. The first kappa shape index (κ1) is 20.9. The number of carbonyl (C=O) groups excluding carboxylic acids is 1. The molecule has 2 aromatic rings. The molecule has 8 heteroatoms. The van der Waals surface area contributed by atoms with Crippen molar-refractivity contribution in [2.24, 2.45) is 4.99 Å². The zero-order valence-electron chi connectivity index (χ0n) is 14.5. The number of aliphatic imine (C=N–C) groups is 1. The SMILES string of the molecule is CN=C1S/C(=C/c2cc(Br)c(OCc3ccc(I)cc3)c(Br)c2)C(=O)N1C. The molecule has 2 aromatic carbocycles. The molecular weight excluding hydrogens is 607 g/mol. The number of likely N-dealkylation sites (N-methyl/N-ethyl adjacent to an activating group) is 1. The van der Waals surface area contributed by atoms with Gasteiger partial charge in [-0.05, 0) is 108 Å². The molecule has 0 aromatic heterocycles. The standard InChI is InChI=1S/C19H15Br2IN2O2S/c1-23-19-24(2)18(25)16(27-19)9-12-7-14(20)17(15(21)8-12)26-10-11-3-5-13(22)6-4-11/h3-9H,10H2,1-2H3/b16-9+,23-19?. The van der Waals surface area contributed by atoms with Crippen LogP contribution in [0.5, 0.6) is 5.75 Å². The van der Waals surface area contributed by atoms with E-state index < -0.39 is 0 Å². The van der Waals surface area contributed by atoms with Gasteiger partial charge in [0.15, 0.2) is 5.17 Å². The maximum Gasteiger partial charge on any atom is 0.266 e. The molecule has 140 valence electrons. The maximum absolute atomic E-state index is 12.3. The van der Waals surface area contributed by atoms with Crippen LogP contribution in [0, 0.1) is 3.57 Å². The molecule has 1 amide bonds. The van der Waals surface area contributed by atoms with E-state index in [0.717, 1.165) is 25.8 Å². The maximum atomic E-state index is 12.3. The second-order valence-corrected chi connectivity index (χ2v) is 9.67. The summed E-state index contributed by atoms with van der Waals surface area (Å²) < 4.78 is 8.81. The van der Waals surface area contributed by atoms with Crippen LogP contribution in [0.2, 0.25) is 0 Å². The van der Waals surface area contributed by atoms with Crippen LogP contribution in [-0.4, -0.2) is 30.1 Å². The average Bonchev–Trinajstić information content (AvgIpc) is 2.90. The molecule has 0 aliphatic carbocycles. The smallest absolute Gasteiger partial charge is 0.266 e. The van der Waals surface area contributed by atoms with E-state index in [9.17, 15) is 4.79 Å². The molecule has 0 N–H and O–H groups in total. The van der Waals surface area contributed by atoms with Crippen LogP contribution in [0.3, 0.4) is 0 Å². The molecule has 1 aliphatic heterocycles. The van der Waals surface area contributed by atoms with Crippen molar-refractivity contribution in [3.8, 4) is 5.75 Å². The topological polar surface area (TPSA) is 41.9 Å². The minimum atomic E-state index is -0.0492. The first-order valence-electron chi connectivity index (χ1n) is 7.89. The van der Waals surface area contributed by atoms with Crippen molar-refractivity contribution in [1.82, 2.24) is 4.90 Å². The Kier molecular flexibility index (Phi) is 7.04. The Bertz CT molecular complexity index is 922. The van der Waals surface area contributed by atoms with Crippen LogP contribution < -0.4 is 4.74 Å². The van der Waals surface area contributed by atoms with Crippen LogP contribution in [-0.2, 0) is 11.4 Å². The summed E-state index contributed by atoms with van der Waals surface area (Å²) >= 11 is 10.8. The van der Waals surface area contributed by atoms with Gasteiger partial charge < -0.3 is 4.74 Å². The van der Waals surface area contributed by atoms with Gasteiger partial charge in [-0.1, -0.05) is 12.1 Å². The zero-order valence-corrected chi connectivity index (χ0v) is 20.6. The van der Waals surface area contributed by atoms with Crippen molar-refractivity contribution in [2.75, 3.05) is 14.1 Å². The number of hydrogen-bond acceptors (Lipinski definition) is 4. The van der Waals surface area contributed by atoms with E-state index in [1.807, 2.05) is 18.2 Å². The Morgan fingerprint density at radius 2 is 1.85 bits per heavy atom. The summed E-state index contributed by atoms with van der Waals surface area (Å²) in [6.45, 7) is 0.476. The molecule has 1 saturated heterocycles. The quantitative estimate of drug-likeness (QED) is 0.314. The minimum absolute atomic E-state index is 0.0492. The van der Waals surface area contributed by atoms with Crippen molar-refractivity contribution < 1.29 is 9.53 Å². The number of thioether (sulfide) groups is 1. The Hall–Kier alpha value is -0.840. The number of amidine groups is 1. The number of ether oxygens (including phenoxy) is 1. The molecule has 1 fully saturated rings. The van der Waals surface area contributed by atoms with Gasteiger partial charge in [-0.3, -0.25) is 14.7 Å². The molecule has 27 heavy (non-hydrogen) atoms. The highest BCUT2D eigenvalue weighted by atomic mass is 127. The molecule has 0 atom stereocenters.